The van der Waals surface area contributed by atoms with Gasteiger partial charge in [-0.25, -0.2) is 0 Å². The summed E-state index contributed by atoms with van der Waals surface area (Å²) >= 11 is 0. The van der Waals surface area contributed by atoms with Crippen molar-refractivity contribution in [2.75, 3.05) is 6.61 Å². The van der Waals surface area contributed by atoms with E-state index in [0.29, 0.717) is 6.61 Å². The van der Waals surface area contributed by atoms with E-state index >= 15 is 0 Å². The fourth-order valence-electron chi connectivity index (χ4n) is 4.46. The summed E-state index contributed by atoms with van der Waals surface area (Å²) in [7, 11) is 0. The molecule has 0 aliphatic rings. The van der Waals surface area contributed by atoms with E-state index in [9.17, 15) is 4.79 Å². The van der Waals surface area contributed by atoms with Gasteiger partial charge in [0.05, 0.1) is 12.0 Å². The highest BCUT2D eigenvalue weighted by Crippen LogP contribution is 2.32. The summed E-state index contributed by atoms with van der Waals surface area (Å²) in [5.41, 5.74) is -0.267. The summed E-state index contributed by atoms with van der Waals surface area (Å²) in [5.74, 6) is 0.0565. The molecule has 0 aromatic carbocycles. The quantitative estimate of drug-likeness (QED) is 0.120. The zero-order valence-electron chi connectivity index (χ0n) is 21.4. The SMILES string of the molecule is CCCCCCCCCCCCCCOC(=O)C(C)(CCC)CCCCCCCC. The Labute approximate surface area is 190 Å². The van der Waals surface area contributed by atoms with E-state index in [0.717, 1.165) is 32.1 Å². The lowest BCUT2D eigenvalue weighted by atomic mass is 9.80. The number of rotatable bonds is 23. The Balaban J connectivity index is 3.71. The molecule has 0 saturated heterocycles. The number of hydrogen-bond donors (Lipinski definition) is 0. The molecule has 0 saturated carbocycles. The van der Waals surface area contributed by atoms with Gasteiger partial charge >= 0.3 is 5.97 Å². The Morgan fingerprint density at radius 3 is 1.37 bits per heavy atom. The Kier molecular flexibility index (Phi) is 21.3. The first-order chi connectivity index (χ1) is 14.6. The van der Waals surface area contributed by atoms with Crippen molar-refractivity contribution in [2.24, 2.45) is 5.41 Å². The molecule has 0 aromatic heterocycles. The second kappa shape index (κ2) is 21.7. The van der Waals surface area contributed by atoms with E-state index < -0.39 is 0 Å². The normalized spacial score (nSPS) is 13.3. The Morgan fingerprint density at radius 1 is 0.533 bits per heavy atom. The molecule has 0 radical (unpaired) electrons. The van der Waals surface area contributed by atoms with Gasteiger partial charge in [-0.15, -0.1) is 0 Å². The van der Waals surface area contributed by atoms with Gasteiger partial charge in [-0.3, -0.25) is 4.79 Å². The van der Waals surface area contributed by atoms with Gasteiger partial charge in [-0.2, -0.15) is 0 Å². The monoisotopic (exact) mass is 424 g/mol. The van der Waals surface area contributed by atoms with Gasteiger partial charge in [0.2, 0.25) is 0 Å². The van der Waals surface area contributed by atoms with Crippen molar-refractivity contribution in [2.45, 2.75) is 163 Å². The van der Waals surface area contributed by atoms with E-state index in [1.54, 1.807) is 0 Å². The lowest BCUT2D eigenvalue weighted by Gasteiger charge is -2.27. The Hall–Kier alpha value is -0.530. The van der Waals surface area contributed by atoms with Gasteiger partial charge in [0, 0.05) is 0 Å². The first kappa shape index (κ1) is 29.5. The maximum absolute atomic E-state index is 12.7. The van der Waals surface area contributed by atoms with Crippen molar-refractivity contribution in [1.29, 1.82) is 0 Å². The van der Waals surface area contributed by atoms with Crippen LogP contribution in [0.15, 0.2) is 0 Å². The molecule has 0 aliphatic carbocycles. The summed E-state index contributed by atoms with van der Waals surface area (Å²) in [5, 5.41) is 0. The molecule has 0 fully saturated rings. The molecule has 0 bridgehead atoms. The van der Waals surface area contributed by atoms with Crippen LogP contribution in [-0.2, 0) is 9.53 Å². The molecule has 2 heteroatoms. The highest BCUT2D eigenvalue weighted by molar-refractivity contribution is 5.76. The van der Waals surface area contributed by atoms with Crippen LogP contribution in [-0.4, -0.2) is 12.6 Å². The summed E-state index contributed by atoms with van der Waals surface area (Å²) in [6, 6.07) is 0. The van der Waals surface area contributed by atoms with Crippen LogP contribution >= 0.6 is 0 Å². The van der Waals surface area contributed by atoms with Crippen LogP contribution in [0.2, 0.25) is 0 Å². The topological polar surface area (TPSA) is 26.3 Å². The molecule has 0 rings (SSSR count). The molecule has 0 amide bonds. The number of esters is 1. The third kappa shape index (κ3) is 17.2. The maximum atomic E-state index is 12.7. The smallest absolute Gasteiger partial charge is 0.311 e. The minimum Gasteiger partial charge on any atom is -0.465 e. The largest absolute Gasteiger partial charge is 0.465 e. The fourth-order valence-corrected chi connectivity index (χ4v) is 4.46. The average Bonchev–Trinajstić information content (AvgIpc) is 2.74. The van der Waals surface area contributed by atoms with Crippen LogP contribution < -0.4 is 0 Å². The van der Waals surface area contributed by atoms with Crippen molar-refractivity contribution in [1.82, 2.24) is 0 Å². The van der Waals surface area contributed by atoms with Gasteiger partial charge in [0.1, 0.15) is 0 Å². The predicted molar refractivity (Wildman–Crippen MR) is 133 cm³/mol. The van der Waals surface area contributed by atoms with Crippen molar-refractivity contribution in [3.63, 3.8) is 0 Å². The number of ether oxygens (including phenoxy) is 1. The fraction of sp³-hybridized carbons (Fsp3) is 0.964. The second-order valence-electron chi connectivity index (χ2n) is 9.85. The van der Waals surface area contributed by atoms with Crippen molar-refractivity contribution >= 4 is 5.97 Å². The molecule has 1 unspecified atom stereocenters. The van der Waals surface area contributed by atoms with Crippen LogP contribution in [0.3, 0.4) is 0 Å². The van der Waals surface area contributed by atoms with Gasteiger partial charge in [-0.1, -0.05) is 136 Å². The third-order valence-corrected chi connectivity index (χ3v) is 6.61. The standard InChI is InChI=1S/C28H56O2/c1-5-8-10-12-14-15-16-17-18-19-21-23-26-30-27(29)28(4,24-7-3)25-22-20-13-11-9-6-2/h5-26H2,1-4H3. The van der Waals surface area contributed by atoms with Crippen molar-refractivity contribution in [3.05, 3.63) is 0 Å². The summed E-state index contributed by atoms with van der Waals surface area (Å²) < 4.78 is 5.71. The molecule has 0 aliphatic heterocycles. The molecular formula is C28H56O2. The molecule has 180 valence electrons. The number of hydrogen-bond acceptors (Lipinski definition) is 2. The van der Waals surface area contributed by atoms with E-state index in [4.69, 9.17) is 4.74 Å². The van der Waals surface area contributed by atoms with Gasteiger partial charge in [0.15, 0.2) is 0 Å². The number of unbranched alkanes of at least 4 members (excludes halogenated alkanes) is 16. The molecule has 30 heavy (non-hydrogen) atoms. The van der Waals surface area contributed by atoms with Gasteiger partial charge in [0.25, 0.3) is 0 Å². The summed E-state index contributed by atoms with van der Waals surface area (Å²) in [6.07, 6.45) is 26.8. The minimum atomic E-state index is -0.267. The Morgan fingerprint density at radius 2 is 0.933 bits per heavy atom. The van der Waals surface area contributed by atoms with E-state index in [2.05, 4.69) is 27.7 Å². The van der Waals surface area contributed by atoms with Crippen molar-refractivity contribution < 1.29 is 9.53 Å². The molecule has 0 heterocycles. The highest BCUT2D eigenvalue weighted by atomic mass is 16.5. The predicted octanol–water partition coefficient (Wildman–Crippen LogP) is 9.79. The van der Waals surface area contributed by atoms with Gasteiger partial charge < -0.3 is 4.74 Å². The third-order valence-electron chi connectivity index (χ3n) is 6.61. The first-order valence-electron chi connectivity index (χ1n) is 13.8. The zero-order chi connectivity index (χ0) is 22.3. The van der Waals surface area contributed by atoms with Crippen LogP contribution in [0.4, 0.5) is 0 Å². The molecule has 0 N–H and O–H groups in total. The van der Waals surface area contributed by atoms with Crippen molar-refractivity contribution in [3.8, 4) is 0 Å². The Bertz CT molecular complexity index is 366. The van der Waals surface area contributed by atoms with Gasteiger partial charge in [-0.05, 0) is 26.2 Å². The lowest BCUT2D eigenvalue weighted by Crippen LogP contribution is -2.30. The first-order valence-corrected chi connectivity index (χ1v) is 13.8. The number of carbonyl (C=O) groups is 1. The molecule has 0 aromatic rings. The maximum Gasteiger partial charge on any atom is 0.311 e. The zero-order valence-corrected chi connectivity index (χ0v) is 21.4. The minimum absolute atomic E-state index is 0.0565. The van der Waals surface area contributed by atoms with E-state index in [-0.39, 0.29) is 11.4 Å². The second-order valence-corrected chi connectivity index (χ2v) is 9.85. The molecular weight excluding hydrogens is 368 g/mol. The van der Waals surface area contributed by atoms with Crippen LogP contribution in [0, 0.1) is 5.41 Å². The van der Waals surface area contributed by atoms with E-state index in [1.165, 1.54) is 103 Å². The average molecular weight is 425 g/mol. The summed E-state index contributed by atoms with van der Waals surface area (Å²) in [4.78, 5) is 12.7. The summed E-state index contributed by atoms with van der Waals surface area (Å²) in [6.45, 7) is 9.46. The van der Waals surface area contributed by atoms with Crippen LogP contribution in [0.5, 0.6) is 0 Å². The van der Waals surface area contributed by atoms with Crippen LogP contribution in [0.1, 0.15) is 163 Å². The van der Waals surface area contributed by atoms with E-state index in [1.807, 2.05) is 0 Å². The highest BCUT2D eigenvalue weighted by Gasteiger charge is 2.33. The molecule has 1 atom stereocenters. The lowest BCUT2D eigenvalue weighted by molar-refractivity contribution is -0.156. The molecule has 2 nitrogen and oxygen atoms in total. The van der Waals surface area contributed by atoms with Crippen LogP contribution in [0.25, 0.3) is 0 Å². The molecule has 0 spiro atoms. The number of carbonyl (C=O) groups excluding carboxylic acids is 1.